The lowest BCUT2D eigenvalue weighted by molar-refractivity contribution is -0.130. The largest absolute Gasteiger partial charge is 0.393 e. The van der Waals surface area contributed by atoms with Gasteiger partial charge in [-0.25, -0.2) is 0 Å². The van der Waals surface area contributed by atoms with Crippen LogP contribution >= 0.6 is 0 Å². The molecule has 2 rings (SSSR count). The summed E-state index contributed by atoms with van der Waals surface area (Å²) >= 11 is 0. The number of likely N-dealkylation sites (tertiary alicyclic amines) is 1. The lowest BCUT2D eigenvalue weighted by atomic mass is 10.0. The third-order valence-corrected chi connectivity index (χ3v) is 4.19. The van der Waals surface area contributed by atoms with Gasteiger partial charge in [-0.3, -0.25) is 4.79 Å². The summed E-state index contributed by atoms with van der Waals surface area (Å²) in [6, 6.07) is 0. The minimum absolute atomic E-state index is 0.278. The summed E-state index contributed by atoms with van der Waals surface area (Å²) in [5.74, 6) is 1.25. The van der Waals surface area contributed by atoms with Crippen molar-refractivity contribution in [3.8, 4) is 0 Å². The van der Waals surface area contributed by atoms with E-state index in [1.807, 2.05) is 11.8 Å². The summed E-state index contributed by atoms with van der Waals surface area (Å²) in [5.41, 5.74) is 0. The number of nitrogens with one attached hydrogen (secondary N) is 1. The van der Waals surface area contributed by atoms with Gasteiger partial charge in [-0.05, 0) is 45.2 Å². The van der Waals surface area contributed by atoms with Crippen LogP contribution in [0.3, 0.4) is 0 Å². The zero-order valence-electron chi connectivity index (χ0n) is 10.7. The fraction of sp³-hybridized carbons (Fsp3) is 0.923. The molecule has 1 amide bonds. The van der Waals surface area contributed by atoms with Crippen LogP contribution in [0.5, 0.6) is 0 Å². The number of nitrogens with zero attached hydrogens (tertiary/aromatic N) is 1. The number of amides is 1. The molecule has 2 aliphatic heterocycles. The fourth-order valence-corrected chi connectivity index (χ4v) is 2.85. The minimum Gasteiger partial charge on any atom is -0.393 e. The molecule has 3 atom stereocenters. The highest BCUT2D eigenvalue weighted by Gasteiger charge is 2.29. The Balaban J connectivity index is 1.69. The molecule has 2 heterocycles. The van der Waals surface area contributed by atoms with E-state index in [-0.39, 0.29) is 17.9 Å². The SMILES string of the molecule is CC(O)C1CCN(C(=O)CCC2CCNC2)C1. The smallest absolute Gasteiger partial charge is 0.222 e. The van der Waals surface area contributed by atoms with Crippen LogP contribution in [0.2, 0.25) is 0 Å². The third-order valence-electron chi connectivity index (χ3n) is 4.19. The van der Waals surface area contributed by atoms with Gasteiger partial charge >= 0.3 is 0 Å². The molecule has 0 aromatic heterocycles. The number of rotatable bonds is 4. The van der Waals surface area contributed by atoms with Crippen LogP contribution in [0.4, 0.5) is 0 Å². The predicted octanol–water partition coefficient (Wildman–Crippen LogP) is 0.605. The van der Waals surface area contributed by atoms with Gasteiger partial charge in [0.15, 0.2) is 0 Å². The molecular weight excluding hydrogens is 216 g/mol. The molecule has 0 bridgehead atoms. The summed E-state index contributed by atoms with van der Waals surface area (Å²) in [4.78, 5) is 13.9. The quantitative estimate of drug-likeness (QED) is 0.757. The summed E-state index contributed by atoms with van der Waals surface area (Å²) in [5, 5.41) is 12.8. The van der Waals surface area contributed by atoms with Crippen molar-refractivity contribution in [2.24, 2.45) is 11.8 Å². The Kier molecular flexibility index (Phi) is 4.40. The minimum atomic E-state index is -0.285. The number of hydrogen-bond donors (Lipinski definition) is 2. The van der Waals surface area contributed by atoms with Crippen LogP contribution in [0.15, 0.2) is 0 Å². The molecule has 0 aromatic carbocycles. The normalized spacial score (nSPS) is 30.8. The Morgan fingerprint density at radius 3 is 2.94 bits per heavy atom. The molecule has 0 aromatic rings. The number of hydrogen-bond acceptors (Lipinski definition) is 3. The molecule has 0 spiro atoms. The lowest BCUT2D eigenvalue weighted by Gasteiger charge is -2.18. The first-order valence-corrected chi connectivity index (χ1v) is 6.83. The molecule has 3 unspecified atom stereocenters. The number of aliphatic hydroxyl groups excluding tert-OH is 1. The van der Waals surface area contributed by atoms with Crippen LogP contribution in [0, 0.1) is 11.8 Å². The third kappa shape index (κ3) is 3.42. The zero-order valence-corrected chi connectivity index (χ0v) is 10.7. The van der Waals surface area contributed by atoms with E-state index >= 15 is 0 Å². The van der Waals surface area contributed by atoms with Crippen molar-refractivity contribution >= 4 is 5.91 Å². The second-order valence-electron chi connectivity index (χ2n) is 5.53. The van der Waals surface area contributed by atoms with Crippen molar-refractivity contribution < 1.29 is 9.90 Å². The van der Waals surface area contributed by atoms with Gasteiger partial charge in [0.2, 0.25) is 5.91 Å². The first-order chi connectivity index (χ1) is 8.16. The predicted molar refractivity (Wildman–Crippen MR) is 66.6 cm³/mol. The van der Waals surface area contributed by atoms with E-state index in [4.69, 9.17) is 0 Å². The van der Waals surface area contributed by atoms with Crippen molar-refractivity contribution in [1.82, 2.24) is 10.2 Å². The molecule has 98 valence electrons. The lowest BCUT2D eigenvalue weighted by Crippen LogP contribution is -2.30. The molecule has 2 N–H and O–H groups in total. The number of carbonyl (C=O) groups excluding carboxylic acids is 1. The highest BCUT2D eigenvalue weighted by Crippen LogP contribution is 2.22. The number of aliphatic hydroxyl groups is 1. The molecule has 2 saturated heterocycles. The second kappa shape index (κ2) is 5.83. The Labute approximate surface area is 103 Å². The summed E-state index contributed by atoms with van der Waals surface area (Å²) in [6.07, 6.45) is 3.57. The zero-order chi connectivity index (χ0) is 12.3. The summed E-state index contributed by atoms with van der Waals surface area (Å²) in [7, 11) is 0. The topological polar surface area (TPSA) is 52.6 Å². The summed E-state index contributed by atoms with van der Waals surface area (Å²) < 4.78 is 0. The van der Waals surface area contributed by atoms with Gasteiger partial charge in [-0.1, -0.05) is 0 Å². The van der Waals surface area contributed by atoms with Crippen molar-refractivity contribution in [3.05, 3.63) is 0 Å². The molecule has 0 radical (unpaired) electrons. The van der Waals surface area contributed by atoms with E-state index in [1.54, 1.807) is 0 Å². The fourth-order valence-electron chi connectivity index (χ4n) is 2.85. The number of carbonyl (C=O) groups is 1. The summed E-state index contributed by atoms with van der Waals surface area (Å²) in [6.45, 7) is 5.58. The molecule has 0 saturated carbocycles. The first-order valence-electron chi connectivity index (χ1n) is 6.83. The van der Waals surface area contributed by atoms with Gasteiger partial charge in [0.05, 0.1) is 6.10 Å². The Bertz CT molecular complexity index is 262. The van der Waals surface area contributed by atoms with E-state index in [0.29, 0.717) is 12.3 Å². The average Bonchev–Trinajstić information content (AvgIpc) is 2.96. The van der Waals surface area contributed by atoms with E-state index in [9.17, 15) is 9.90 Å². The highest BCUT2D eigenvalue weighted by molar-refractivity contribution is 5.76. The van der Waals surface area contributed by atoms with Crippen molar-refractivity contribution in [3.63, 3.8) is 0 Å². The molecule has 4 nitrogen and oxygen atoms in total. The van der Waals surface area contributed by atoms with Crippen LogP contribution in [-0.4, -0.2) is 48.2 Å². The van der Waals surface area contributed by atoms with Crippen molar-refractivity contribution in [1.29, 1.82) is 0 Å². The van der Waals surface area contributed by atoms with E-state index in [1.165, 1.54) is 6.42 Å². The van der Waals surface area contributed by atoms with Crippen molar-refractivity contribution in [2.75, 3.05) is 26.2 Å². The van der Waals surface area contributed by atoms with Gasteiger partial charge in [0.1, 0.15) is 0 Å². The standard InChI is InChI=1S/C13H24N2O2/c1-10(16)12-5-7-15(9-12)13(17)3-2-11-4-6-14-8-11/h10-12,14,16H,2-9H2,1H3. The van der Waals surface area contributed by atoms with E-state index < -0.39 is 0 Å². The Morgan fingerprint density at radius 1 is 1.53 bits per heavy atom. The average molecular weight is 240 g/mol. The van der Waals surface area contributed by atoms with Gasteiger partial charge < -0.3 is 15.3 Å². The molecular formula is C13H24N2O2. The van der Waals surface area contributed by atoms with Crippen LogP contribution in [0.1, 0.15) is 32.6 Å². The molecule has 4 heteroatoms. The van der Waals surface area contributed by atoms with Gasteiger partial charge in [-0.15, -0.1) is 0 Å². The maximum absolute atomic E-state index is 12.0. The molecule has 2 aliphatic rings. The van der Waals surface area contributed by atoms with Crippen LogP contribution in [0.25, 0.3) is 0 Å². The van der Waals surface area contributed by atoms with Crippen molar-refractivity contribution in [2.45, 2.75) is 38.7 Å². The maximum Gasteiger partial charge on any atom is 0.222 e. The second-order valence-corrected chi connectivity index (χ2v) is 5.53. The Hall–Kier alpha value is -0.610. The van der Waals surface area contributed by atoms with Gasteiger partial charge in [0, 0.05) is 25.4 Å². The maximum atomic E-state index is 12.0. The van der Waals surface area contributed by atoms with Gasteiger partial charge in [0.25, 0.3) is 0 Å². The highest BCUT2D eigenvalue weighted by atomic mass is 16.3. The molecule has 2 fully saturated rings. The molecule has 0 aliphatic carbocycles. The Morgan fingerprint density at radius 2 is 2.35 bits per heavy atom. The van der Waals surface area contributed by atoms with Crippen LogP contribution < -0.4 is 5.32 Å². The monoisotopic (exact) mass is 240 g/mol. The van der Waals surface area contributed by atoms with E-state index in [2.05, 4.69) is 5.32 Å². The molecule has 17 heavy (non-hydrogen) atoms. The van der Waals surface area contributed by atoms with Gasteiger partial charge in [-0.2, -0.15) is 0 Å². The first kappa shape index (κ1) is 12.8. The van der Waals surface area contributed by atoms with Crippen LogP contribution in [-0.2, 0) is 4.79 Å². The van der Waals surface area contributed by atoms with E-state index in [0.717, 1.165) is 39.0 Å².